The number of hydrogen-bond donors (Lipinski definition) is 1. The molecule has 0 atom stereocenters. The van der Waals surface area contributed by atoms with E-state index in [1.165, 1.54) is 12.1 Å². The fraction of sp³-hybridized carbons (Fsp3) is 0.154. The van der Waals surface area contributed by atoms with E-state index in [0.29, 0.717) is 17.3 Å². The minimum Gasteiger partial charge on any atom is -0.383 e. The molecule has 17 heavy (non-hydrogen) atoms. The van der Waals surface area contributed by atoms with Crippen LogP contribution in [0.1, 0.15) is 16.7 Å². The summed E-state index contributed by atoms with van der Waals surface area (Å²) in [4.78, 5) is 4.08. The molecule has 1 heterocycles. The molecule has 0 amide bonds. The van der Waals surface area contributed by atoms with Crippen molar-refractivity contribution >= 4 is 17.4 Å². The minimum atomic E-state index is -0.339. The average Bonchev–Trinajstić information content (AvgIpc) is 2.27. The van der Waals surface area contributed by atoms with Gasteiger partial charge in [0.1, 0.15) is 11.6 Å². The third-order valence-electron chi connectivity index (χ3n) is 2.53. The molecule has 0 aliphatic heterocycles. The maximum Gasteiger partial charge on any atom is 0.126 e. The van der Waals surface area contributed by atoms with E-state index >= 15 is 0 Å². The van der Waals surface area contributed by atoms with Crippen molar-refractivity contribution in [3.63, 3.8) is 0 Å². The molecule has 2 rings (SSSR count). The Balaban J connectivity index is 2.34. The highest BCUT2D eigenvalue weighted by atomic mass is 35.5. The van der Waals surface area contributed by atoms with Gasteiger partial charge in [0.2, 0.25) is 0 Å². The lowest BCUT2D eigenvalue weighted by Crippen LogP contribution is -2.00. The summed E-state index contributed by atoms with van der Waals surface area (Å²) in [6.07, 6.45) is 2.27. The van der Waals surface area contributed by atoms with Crippen molar-refractivity contribution in [2.75, 3.05) is 5.73 Å². The first-order valence-electron chi connectivity index (χ1n) is 5.21. The van der Waals surface area contributed by atoms with E-state index in [1.807, 2.05) is 13.0 Å². The Kier molecular flexibility index (Phi) is 3.29. The average molecular weight is 251 g/mol. The molecule has 2 aromatic rings. The Morgan fingerprint density at radius 1 is 1.29 bits per heavy atom. The maximum absolute atomic E-state index is 12.9. The molecule has 4 heteroatoms. The topological polar surface area (TPSA) is 38.9 Å². The number of anilines is 1. The molecule has 0 spiro atoms. The van der Waals surface area contributed by atoms with Crippen LogP contribution in [0.25, 0.3) is 0 Å². The number of aromatic nitrogens is 1. The zero-order valence-corrected chi connectivity index (χ0v) is 10.1. The number of nitrogens with two attached hydrogens (primary N) is 1. The minimum absolute atomic E-state index is 0.339. The highest BCUT2D eigenvalue weighted by Crippen LogP contribution is 2.22. The van der Waals surface area contributed by atoms with Crippen LogP contribution in [0.5, 0.6) is 0 Å². The van der Waals surface area contributed by atoms with Crippen molar-refractivity contribution < 1.29 is 4.39 Å². The molecule has 0 bridgehead atoms. The predicted molar refractivity (Wildman–Crippen MR) is 67.6 cm³/mol. The molecule has 2 N–H and O–H groups in total. The van der Waals surface area contributed by atoms with Crippen LogP contribution < -0.4 is 5.73 Å². The molecule has 0 unspecified atom stereocenters. The van der Waals surface area contributed by atoms with Crippen molar-refractivity contribution in [1.82, 2.24) is 4.98 Å². The summed E-state index contributed by atoms with van der Waals surface area (Å²) in [5, 5.41) is 0.408. The monoisotopic (exact) mass is 250 g/mol. The first kappa shape index (κ1) is 11.9. The molecular formula is C13H12ClFN2. The summed E-state index contributed by atoms with van der Waals surface area (Å²) in [5.74, 6) is 0.144. The van der Waals surface area contributed by atoms with Crippen LogP contribution in [0.3, 0.4) is 0 Å². The number of benzene rings is 1. The SMILES string of the molecule is Cc1cnc(N)c(Cc2ccc(F)cc2Cl)c1. The van der Waals surface area contributed by atoms with Gasteiger partial charge in [-0.05, 0) is 35.7 Å². The van der Waals surface area contributed by atoms with Crippen LogP contribution in [0, 0.1) is 12.7 Å². The van der Waals surface area contributed by atoms with E-state index in [1.54, 1.807) is 12.3 Å². The maximum atomic E-state index is 12.9. The predicted octanol–water partition coefficient (Wildman–Crippen LogP) is 3.36. The molecular weight excluding hydrogens is 239 g/mol. The summed E-state index contributed by atoms with van der Waals surface area (Å²) in [6.45, 7) is 1.95. The fourth-order valence-corrected chi connectivity index (χ4v) is 1.89. The lowest BCUT2D eigenvalue weighted by atomic mass is 10.0. The van der Waals surface area contributed by atoms with Crippen molar-refractivity contribution in [2.45, 2.75) is 13.3 Å². The van der Waals surface area contributed by atoms with Crippen LogP contribution >= 0.6 is 11.6 Å². The Morgan fingerprint density at radius 2 is 2.06 bits per heavy atom. The number of aryl methyl sites for hydroxylation is 1. The Labute approximate surface area is 104 Å². The quantitative estimate of drug-likeness (QED) is 0.888. The van der Waals surface area contributed by atoms with Gasteiger partial charge in [0.05, 0.1) is 0 Å². The highest BCUT2D eigenvalue weighted by Gasteiger charge is 2.06. The van der Waals surface area contributed by atoms with E-state index in [4.69, 9.17) is 17.3 Å². The molecule has 0 radical (unpaired) electrons. The zero-order valence-electron chi connectivity index (χ0n) is 9.37. The zero-order chi connectivity index (χ0) is 12.4. The lowest BCUT2D eigenvalue weighted by molar-refractivity contribution is 0.627. The summed E-state index contributed by atoms with van der Waals surface area (Å²) >= 11 is 5.97. The van der Waals surface area contributed by atoms with E-state index in [9.17, 15) is 4.39 Å². The van der Waals surface area contributed by atoms with E-state index in [2.05, 4.69) is 4.98 Å². The number of nitrogens with zero attached hydrogens (tertiary/aromatic N) is 1. The van der Waals surface area contributed by atoms with E-state index in [-0.39, 0.29) is 5.82 Å². The second-order valence-corrected chi connectivity index (χ2v) is 4.38. The summed E-state index contributed by atoms with van der Waals surface area (Å²) in [5.41, 5.74) is 8.57. The van der Waals surface area contributed by atoms with Crippen molar-refractivity contribution in [3.8, 4) is 0 Å². The molecule has 2 nitrogen and oxygen atoms in total. The van der Waals surface area contributed by atoms with Gasteiger partial charge in [-0.25, -0.2) is 9.37 Å². The molecule has 0 aliphatic carbocycles. The molecule has 88 valence electrons. The van der Waals surface area contributed by atoms with Gasteiger partial charge < -0.3 is 5.73 Å². The van der Waals surface area contributed by atoms with Crippen LogP contribution in [-0.4, -0.2) is 4.98 Å². The number of rotatable bonds is 2. The summed E-state index contributed by atoms with van der Waals surface area (Å²) < 4.78 is 12.9. The van der Waals surface area contributed by atoms with Gasteiger partial charge in [-0.1, -0.05) is 23.7 Å². The standard InChI is InChI=1S/C13H12ClFN2/c1-8-4-10(13(16)17-7-8)5-9-2-3-11(15)6-12(9)14/h2-4,6-7H,5H2,1H3,(H2,16,17). The van der Waals surface area contributed by atoms with Gasteiger partial charge in [-0.15, -0.1) is 0 Å². The summed E-state index contributed by atoms with van der Waals surface area (Å²) in [6, 6.07) is 6.32. The van der Waals surface area contributed by atoms with Gasteiger partial charge in [-0.3, -0.25) is 0 Å². The second kappa shape index (κ2) is 4.72. The van der Waals surface area contributed by atoms with Crippen LogP contribution in [-0.2, 0) is 6.42 Å². The van der Waals surface area contributed by atoms with Gasteiger partial charge in [0.15, 0.2) is 0 Å². The fourth-order valence-electron chi connectivity index (χ4n) is 1.65. The van der Waals surface area contributed by atoms with E-state index < -0.39 is 0 Å². The molecule has 1 aromatic heterocycles. The van der Waals surface area contributed by atoms with Crippen molar-refractivity contribution in [1.29, 1.82) is 0 Å². The number of hydrogen-bond acceptors (Lipinski definition) is 2. The van der Waals surface area contributed by atoms with Gasteiger partial charge in [0, 0.05) is 17.6 Å². The van der Waals surface area contributed by atoms with Gasteiger partial charge >= 0.3 is 0 Å². The van der Waals surface area contributed by atoms with Gasteiger partial charge in [0.25, 0.3) is 0 Å². The lowest BCUT2D eigenvalue weighted by Gasteiger charge is -2.07. The molecule has 0 aliphatic rings. The smallest absolute Gasteiger partial charge is 0.126 e. The largest absolute Gasteiger partial charge is 0.383 e. The molecule has 0 fully saturated rings. The number of pyridine rings is 1. The normalized spacial score (nSPS) is 10.5. The number of nitrogen functional groups attached to an aromatic ring is 1. The van der Waals surface area contributed by atoms with Crippen molar-refractivity contribution in [2.24, 2.45) is 0 Å². The summed E-state index contributed by atoms with van der Waals surface area (Å²) in [7, 11) is 0. The Hall–Kier alpha value is -1.61. The first-order valence-corrected chi connectivity index (χ1v) is 5.59. The highest BCUT2D eigenvalue weighted by molar-refractivity contribution is 6.31. The first-order chi connectivity index (χ1) is 8.06. The van der Waals surface area contributed by atoms with Crippen LogP contribution in [0.15, 0.2) is 30.5 Å². The van der Waals surface area contributed by atoms with Gasteiger partial charge in [-0.2, -0.15) is 0 Å². The molecule has 1 aromatic carbocycles. The van der Waals surface area contributed by atoms with Crippen molar-refractivity contribution in [3.05, 3.63) is 58.0 Å². The van der Waals surface area contributed by atoms with Crippen LogP contribution in [0.2, 0.25) is 5.02 Å². The third-order valence-corrected chi connectivity index (χ3v) is 2.89. The van der Waals surface area contributed by atoms with Crippen LogP contribution in [0.4, 0.5) is 10.2 Å². The third kappa shape index (κ3) is 2.74. The Bertz CT molecular complexity index is 555. The molecule has 0 saturated heterocycles. The Morgan fingerprint density at radius 3 is 2.76 bits per heavy atom. The second-order valence-electron chi connectivity index (χ2n) is 3.97. The molecule has 0 saturated carbocycles. The number of halogens is 2. The van der Waals surface area contributed by atoms with E-state index in [0.717, 1.165) is 16.7 Å².